The molecule has 4 rings (SSSR count). The Morgan fingerprint density at radius 1 is 1.00 bits per heavy atom. The predicted octanol–water partition coefficient (Wildman–Crippen LogP) is 3.59. The maximum Gasteiger partial charge on any atom is 0.348 e. The first-order valence-electron chi connectivity index (χ1n) is 10.0. The van der Waals surface area contributed by atoms with Gasteiger partial charge in [-0.25, -0.2) is 18.3 Å². The number of benzene rings is 2. The number of aryl methyl sites for hydroxylation is 1. The van der Waals surface area contributed by atoms with Gasteiger partial charge in [0.1, 0.15) is 21.3 Å². The van der Waals surface area contributed by atoms with Crippen LogP contribution in [0.15, 0.2) is 54.6 Å². The third-order valence-electron chi connectivity index (χ3n) is 4.73. The minimum absolute atomic E-state index is 0.271. The molecule has 34 heavy (non-hydrogen) atoms. The van der Waals surface area contributed by atoms with E-state index >= 15 is 0 Å². The van der Waals surface area contributed by atoms with Crippen molar-refractivity contribution in [3.05, 3.63) is 76.8 Å². The lowest BCUT2D eigenvalue weighted by Gasteiger charge is -2.07. The number of nitrogens with zero attached hydrogens (tertiary/aromatic N) is 2. The molecule has 0 aliphatic rings. The smallest absolute Gasteiger partial charge is 0.348 e. The number of aromatic nitrogens is 2. The molecule has 0 aliphatic heterocycles. The SMILES string of the molecule is Cc1nn(-c2ccc(F)cc2)c2sc(C(=O)OCC(=O)NCC(=O)Nc3ccc(F)cc3)cc12. The van der Waals surface area contributed by atoms with Crippen molar-refractivity contribution in [1.29, 1.82) is 0 Å². The molecule has 2 aromatic heterocycles. The highest BCUT2D eigenvalue weighted by atomic mass is 32.1. The summed E-state index contributed by atoms with van der Waals surface area (Å²) < 4.78 is 32.8. The van der Waals surface area contributed by atoms with Crippen molar-refractivity contribution in [2.75, 3.05) is 18.5 Å². The van der Waals surface area contributed by atoms with E-state index in [1.807, 2.05) is 0 Å². The molecule has 4 aromatic rings. The van der Waals surface area contributed by atoms with E-state index in [2.05, 4.69) is 15.7 Å². The maximum atomic E-state index is 13.2. The van der Waals surface area contributed by atoms with Crippen LogP contribution in [0.2, 0.25) is 0 Å². The van der Waals surface area contributed by atoms with Crippen molar-refractivity contribution in [2.45, 2.75) is 6.92 Å². The fraction of sp³-hybridized carbons (Fsp3) is 0.130. The van der Waals surface area contributed by atoms with Gasteiger partial charge < -0.3 is 15.4 Å². The minimum atomic E-state index is -0.697. The van der Waals surface area contributed by atoms with Gasteiger partial charge in [-0.05, 0) is 61.5 Å². The fourth-order valence-electron chi connectivity index (χ4n) is 3.08. The molecule has 2 amide bonds. The first-order valence-corrected chi connectivity index (χ1v) is 10.9. The number of fused-ring (bicyclic) bond motifs is 1. The highest BCUT2D eigenvalue weighted by Crippen LogP contribution is 2.30. The van der Waals surface area contributed by atoms with E-state index in [1.165, 1.54) is 36.4 Å². The molecule has 2 N–H and O–H groups in total. The Bertz CT molecular complexity index is 1360. The van der Waals surface area contributed by atoms with Crippen LogP contribution in [0.3, 0.4) is 0 Å². The largest absolute Gasteiger partial charge is 0.451 e. The molecule has 8 nitrogen and oxygen atoms in total. The van der Waals surface area contributed by atoms with E-state index in [1.54, 1.807) is 29.8 Å². The number of amides is 2. The van der Waals surface area contributed by atoms with Crippen molar-refractivity contribution in [3.8, 4) is 5.69 Å². The van der Waals surface area contributed by atoms with Gasteiger partial charge in [0.25, 0.3) is 5.91 Å². The Kier molecular flexibility index (Phi) is 6.64. The van der Waals surface area contributed by atoms with Gasteiger partial charge in [0, 0.05) is 11.1 Å². The van der Waals surface area contributed by atoms with E-state index in [-0.39, 0.29) is 17.2 Å². The second kappa shape index (κ2) is 9.79. The summed E-state index contributed by atoms with van der Waals surface area (Å²) in [5, 5.41) is 10.0. The number of hydrogen-bond donors (Lipinski definition) is 2. The summed E-state index contributed by atoms with van der Waals surface area (Å²) in [6.45, 7) is 0.873. The standard InChI is InChI=1S/C23H18F2N4O4S/c1-13-18-10-19(34-22(18)29(28-13)17-8-4-15(25)5-9-17)23(32)33-12-21(31)26-11-20(30)27-16-6-2-14(24)3-7-16/h2-10H,11-12H2,1H3,(H,26,31)(H,27,30). The third kappa shape index (κ3) is 5.26. The Hall–Kier alpha value is -4.12. The van der Waals surface area contributed by atoms with E-state index in [0.717, 1.165) is 16.7 Å². The zero-order chi connectivity index (χ0) is 24.2. The average molecular weight is 484 g/mol. The molecule has 0 fully saturated rings. The van der Waals surface area contributed by atoms with Gasteiger partial charge in [0.2, 0.25) is 5.91 Å². The van der Waals surface area contributed by atoms with Crippen LogP contribution in [0.5, 0.6) is 0 Å². The van der Waals surface area contributed by atoms with Gasteiger partial charge in [0.05, 0.1) is 17.9 Å². The van der Waals surface area contributed by atoms with Gasteiger partial charge in [-0.2, -0.15) is 5.10 Å². The zero-order valence-electron chi connectivity index (χ0n) is 17.8. The molecular formula is C23H18F2N4O4S. The van der Waals surface area contributed by atoms with E-state index in [4.69, 9.17) is 4.74 Å². The number of nitrogens with one attached hydrogen (secondary N) is 2. The first kappa shape index (κ1) is 23.1. The van der Waals surface area contributed by atoms with Crippen LogP contribution in [0, 0.1) is 18.6 Å². The average Bonchev–Trinajstić information content (AvgIpc) is 3.39. The van der Waals surface area contributed by atoms with Crippen molar-refractivity contribution in [2.24, 2.45) is 0 Å². The Labute approximate surface area is 196 Å². The molecule has 2 aromatic carbocycles. The van der Waals surface area contributed by atoms with Crippen molar-refractivity contribution in [3.63, 3.8) is 0 Å². The molecule has 0 atom stereocenters. The lowest BCUT2D eigenvalue weighted by Crippen LogP contribution is -2.35. The number of carbonyl (C=O) groups is 3. The monoisotopic (exact) mass is 484 g/mol. The molecule has 0 spiro atoms. The van der Waals surface area contributed by atoms with Crippen LogP contribution >= 0.6 is 11.3 Å². The molecule has 2 heterocycles. The summed E-state index contributed by atoms with van der Waals surface area (Å²) in [6, 6.07) is 12.6. The summed E-state index contributed by atoms with van der Waals surface area (Å²) in [7, 11) is 0. The number of ether oxygens (including phenoxy) is 1. The number of thiophene rings is 1. The summed E-state index contributed by atoms with van der Waals surface area (Å²) in [4.78, 5) is 37.2. The summed E-state index contributed by atoms with van der Waals surface area (Å²) in [5.41, 5.74) is 1.70. The molecular weight excluding hydrogens is 466 g/mol. The number of anilines is 1. The van der Waals surface area contributed by atoms with Crippen molar-refractivity contribution >= 4 is 45.0 Å². The quantitative estimate of drug-likeness (QED) is 0.391. The normalized spacial score (nSPS) is 10.8. The van der Waals surface area contributed by atoms with Gasteiger partial charge in [-0.1, -0.05) is 0 Å². The number of esters is 1. The van der Waals surface area contributed by atoms with Crippen LogP contribution in [-0.4, -0.2) is 40.7 Å². The molecule has 0 saturated carbocycles. The van der Waals surface area contributed by atoms with Crippen LogP contribution < -0.4 is 10.6 Å². The Balaban J connectivity index is 1.32. The zero-order valence-corrected chi connectivity index (χ0v) is 18.6. The van der Waals surface area contributed by atoms with Crippen molar-refractivity contribution in [1.82, 2.24) is 15.1 Å². The minimum Gasteiger partial charge on any atom is -0.451 e. The van der Waals surface area contributed by atoms with E-state index < -0.39 is 30.2 Å². The number of carbonyl (C=O) groups excluding carboxylic acids is 3. The Morgan fingerprint density at radius 2 is 1.65 bits per heavy atom. The summed E-state index contributed by atoms with van der Waals surface area (Å²) >= 11 is 1.13. The highest BCUT2D eigenvalue weighted by Gasteiger charge is 2.19. The van der Waals surface area contributed by atoms with E-state index in [9.17, 15) is 23.2 Å². The van der Waals surface area contributed by atoms with Gasteiger partial charge in [-0.3, -0.25) is 9.59 Å². The van der Waals surface area contributed by atoms with Gasteiger partial charge in [-0.15, -0.1) is 11.3 Å². The summed E-state index contributed by atoms with van der Waals surface area (Å²) in [6.07, 6.45) is 0. The summed E-state index contributed by atoms with van der Waals surface area (Å²) in [5.74, 6) is -2.67. The first-order chi connectivity index (χ1) is 16.3. The molecule has 0 saturated heterocycles. The maximum absolute atomic E-state index is 13.2. The number of rotatable bonds is 7. The van der Waals surface area contributed by atoms with E-state index in [0.29, 0.717) is 21.9 Å². The van der Waals surface area contributed by atoms with Crippen LogP contribution in [-0.2, 0) is 14.3 Å². The number of halogens is 2. The van der Waals surface area contributed by atoms with Gasteiger partial charge in [0.15, 0.2) is 6.61 Å². The molecule has 0 radical (unpaired) electrons. The van der Waals surface area contributed by atoms with Crippen molar-refractivity contribution < 1.29 is 27.9 Å². The molecule has 0 unspecified atom stereocenters. The molecule has 0 bridgehead atoms. The second-order valence-corrected chi connectivity index (χ2v) is 8.24. The third-order valence-corrected chi connectivity index (χ3v) is 5.82. The lowest BCUT2D eigenvalue weighted by molar-refractivity contribution is -0.126. The Morgan fingerprint density at radius 3 is 2.32 bits per heavy atom. The highest BCUT2D eigenvalue weighted by molar-refractivity contribution is 7.20. The number of hydrogen-bond acceptors (Lipinski definition) is 6. The predicted molar refractivity (Wildman–Crippen MR) is 122 cm³/mol. The van der Waals surface area contributed by atoms with Gasteiger partial charge >= 0.3 is 5.97 Å². The lowest BCUT2D eigenvalue weighted by atomic mass is 10.3. The second-order valence-electron chi connectivity index (χ2n) is 7.21. The molecule has 174 valence electrons. The molecule has 0 aliphatic carbocycles. The van der Waals surface area contributed by atoms with Crippen LogP contribution in [0.1, 0.15) is 15.4 Å². The van der Waals surface area contributed by atoms with Crippen LogP contribution in [0.25, 0.3) is 15.9 Å². The molecule has 11 heteroatoms. The topological polar surface area (TPSA) is 102 Å². The van der Waals surface area contributed by atoms with Crippen LogP contribution in [0.4, 0.5) is 14.5 Å². The fourth-order valence-corrected chi connectivity index (χ4v) is 4.15.